The predicted octanol–water partition coefficient (Wildman–Crippen LogP) is 1.07. The summed E-state index contributed by atoms with van der Waals surface area (Å²) in [6.45, 7) is -0.408. The van der Waals surface area contributed by atoms with Gasteiger partial charge in [0.25, 0.3) is 5.91 Å². The third kappa shape index (κ3) is 4.05. The number of hydrogen-bond donors (Lipinski definition) is 0. The molecule has 1 aliphatic carbocycles. The molecule has 1 saturated carbocycles. The number of carbonyl (C=O) groups excluding carboxylic acids is 2. The standard InChI is InChI=1S/C15H17ClN2O5S/c16-13-4-1-10(7-17-13)15(20)23-8-14(19)18(11-2-3-11)12-5-6-24(21,22)9-12/h1,4,7,11-12H,2-3,5-6,8-9H2/t12-/m1/s1. The molecule has 0 radical (unpaired) electrons. The number of sulfone groups is 1. The van der Waals surface area contributed by atoms with Gasteiger partial charge in [0.05, 0.1) is 17.1 Å². The SMILES string of the molecule is O=C(OCC(=O)N(C1CC1)[C@@H]1CCS(=O)(=O)C1)c1ccc(Cl)nc1. The summed E-state index contributed by atoms with van der Waals surface area (Å²) < 4.78 is 28.3. The average molecular weight is 373 g/mol. The van der Waals surface area contributed by atoms with Gasteiger partial charge in [-0.05, 0) is 31.4 Å². The summed E-state index contributed by atoms with van der Waals surface area (Å²) in [5.41, 5.74) is 0.202. The number of carbonyl (C=O) groups is 2. The molecule has 0 bridgehead atoms. The van der Waals surface area contributed by atoms with Gasteiger partial charge < -0.3 is 9.64 Å². The fourth-order valence-corrected chi connectivity index (χ4v) is 4.66. The van der Waals surface area contributed by atoms with Crippen molar-refractivity contribution in [2.24, 2.45) is 0 Å². The van der Waals surface area contributed by atoms with E-state index in [9.17, 15) is 18.0 Å². The zero-order chi connectivity index (χ0) is 17.3. The molecule has 7 nitrogen and oxygen atoms in total. The zero-order valence-corrected chi connectivity index (χ0v) is 14.4. The Morgan fingerprint density at radius 1 is 1.25 bits per heavy atom. The molecule has 0 spiro atoms. The Balaban J connectivity index is 1.60. The van der Waals surface area contributed by atoms with Crippen molar-refractivity contribution in [1.29, 1.82) is 0 Å². The molecule has 2 fully saturated rings. The Bertz CT molecular complexity index is 746. The molecule has 0 unspecified atom stereocenters. The van der Waals surface area contributed by atoms with Gasteiger partial charge in [0, 0.05) is 18.3 Å². The summed E-state index contributed by atoms with van der Waals surface area (Å²) in [6.07, 6.45) is 3.44. The highest BCUT2D eigenvalue weighted by molar-refractivity contribution is 7.91. The Kier molecular flexibility index (Phi) is 4.78. The lowest BCUT2D eigenvalue weighted by molar-refractivity contribution is -0.137. The molecule has 2 heterocycles. The third-order valence-corrected chi connectivity index (χ3v) is 6.09. The van der Waals surface area contributed by atoms with E-state index in [1.165, 1.54) is 18.3 Å². The summed E-state index contributed by atoms with van der Waals surface area (Å²) in [5, 5.41) is 0.255. The summed E-state index contributed by atoms with van der Waals surface area (Å²) in [4.78, 5) is 29.7. The minimum atomic E-state index is -3.08. The maximum atomic E-state index is 12.4. The number of aromatic nitrogens is 1. The molecule has 130 valence electrons. The van der Waals surface area contributed by atoms with E-state index in [4.69, 9.17) is 16.3 Å². The van der Waals surface area contributed by atoms with E-state index in [0.717, 1.165) is 12.8 Å². The monoisotopic (exact) mass is 372 g/mol. The second-order valence-corrected chi connectivity index (χ2v) is 8.65. The summed E-state index contributed by atoms with van der Waals surface area (Å²) in [6, 6.07) is 2.67. The van der Waals surface area contributed by atoms with E-state index in [1.807, 2.05) is 0 Å². The number of halogens is 1. The Hall–Kier alpha value is -1.67. The minimum absolute atomic E-state index is 0.00963. The Morgan fingerprint density at radius 3 is 2.54 bits per heavy atom. The van der Waals surface area contributed by atoms with Crippen LogP contribution in [0, 0.1) is 0 Å². The molecular formula is C15H17ClN2O5S. The Labute approximate surface area is 144 Å². The predicted molar refractivity (Wildman–Crippen MR) is 86.5 cm³/mol. The van der Waals surface area contributed by atoms with E-state index in [1.54, 1.807) is 4.90 Å². The van der Waals surface area contributed by atoms with Crippen LogP contribution in [0.5, 0.6) is 0 Å². The van der Waals surface area contributed by atoms with Gasteiger partial charge in [-0.3, -0.25) is 4.79 Å². The first-order valence-electron chi connectivity index (χ1n) is 7.66. The second-order valence-electron chi connectivity index (χ2n) is 6.03. The van der Waals surface area contributed by atoms with Crippen LogP contribution in [-0.4, -0.2) is 60.4 Å². The van der Waals surface area contributed by atoms with Crippen molar-refractivity contribution < 1.29 is 22.7 Å². The van der Waals surface area contributed by atoms with Gasteiger partial charge in [-0.1, -0.05) is 11.6 Å². The molecule has 2 aliphatic rings. The smallest absolute Gasteiger partial charge is 0.340 e. The van der Waals surface area contributed by atoms with Crippen LogP contribution in [0.4, 0.5) is 0 Å². The average Bonchev–Trinajstić information content (AvgIpc) is 3.29. The number of ether oxygens (including phenoxy) is 1. The van der Waals surface area contributed by atoms with E-state index < -0.39 is 22.4 Å². The summed E-state index contributed by atoms with van der Waals surface area (Å²) in [5.74, 6) is -0.925. The summed E-state index contributed by atoms with van der Waals surface area (Å²) >= 11 is 5.65. The topological polar surface area (TPSA) is 93.6 Å². The van der Waals surface area contributed by atoms with Crippen LogP contribution >= 0.6 is 11.6 Å². The molecule has 1 aliphatic heterocycles. The number of esters is 1. The van der Waals surface area contributed by atoms with Crippen molar-refractivity contribution in [2.45, 2.75) is 31.3 Å². The van der Waals surface area contributed by atoms with Crippen molar-refractivity contribution in [3.8, 4) is 0 Å². The van der Waals surface area contributed by atoms with Crippen molar-refractivity contribution >= 4 is 33.3 Å². The number of rotatable bonds is 5. The van der Waals surface area contributed by atoms with Crippen molar-refractivity contribution in [3.05, 3.63) is 29.0 Å². The van der Waals surface area contributed by atoms with Crippen molar-refractivity contribution in [3.63, 3.8) is 0 Å². The molecule has 1 amide bonds. The highest BCUT2D eigenvalue weighted by Crippen LogP contribution is 2.32. The van der Waals surface area contributed by atoms with Crippen LogP contribution in [0.2, 0.25) is 5.15 Å². The van der Waals surface area contributed by atoms with E-state index in [0.29, 0.717) is 6.42 Å². The van der Waals surface area contributed by atoms with Gasteiger partial charge in [0.1, 0.15) is 5.15 Å². The first kappa shape index (κ1) is 17.2. The molecule has 9 heteroatoms. The van der Waals surface area contributed by atoms with Crippen LogP contribution < -0.4 is 0 Å². The van der Waals surface area contributed by atoms with Gasteiger partial charge in [-0.2, -0.15) is 0 Å². The third-order valence-electron chi connectivity index (χ3n) is 4.12. The number of pyridine rings is 1. The maximum absolute atomic E-state index is 12.4. The van der Waals surface area contributed by atoms with Gasteiger partial charge >= 0.3 is 5.97 Å². The van der Waals surface area contributed by atoms with E-state index in [2.05, 4.69) is 4.98 Å². The normalized spacial score (nSPS) is 22.1. The van der Waals surface area contributed by atoms with E-state index >= 15 is 0 Å². The molecule has 3 rings (SSSR count). The minimum Gasteiger partial charge on any atom is -0.452 e. The molecule has 0 N–H and O–H groups in total. The molecule has 24 heavy (non-hydrogen) atoms. The lowest BCUT2D eigenvalue weighted by atomic mass is 10.2. The highest BCUT2D eigenvalue weighted by atomic mass is 35.5. The fourth-order valence-electron chi connectivity index (χ4n) is 2.83. The van der Waals surface area contributed by atoms with Crippen LogP contribution in [0.25, 0.3) is 0 Å². The second kappa shape index (κ2) is 6.68. The van der Waals surface area contributed by atoms with E-state index in [-0.39, 0.29) is 40.2 Å². The molecule has 0 aromatic carbocycles. The fraction of sp³-hybridized carbons (Fsp3) is 0.533. The number of hydrogen-bond acceptors (Lipinski definition) is 6. The lowest BCUT2D eigenvalue weighted by Crippen LogP contribution is -2.44. The quantitative estimate of drug-likeness (QED) is 0.567. The van der Waals surface area contributed by atoms with Crippen molar-refractivity contribution in [2.75, 3.05) is 18.1 Å². The maximum Gasteiger partial charge on any atom is 0.340 e. The molecule has 1 aromatic heterocycles. The zero-order valence-electron chi connectivity index (χ0n) is 12.9. The largest absolute Gasteiger partial charge is 0.452 e. The molecule has 1 aromatic rings. The summed E-state index contributed by atoms with van der Waals surface area (Å²) in [7, 11) is -3.08. The van der Waals surface area contributed by atoms with Gasteiger partial charge in [0.15, 0.2) is 16.4 Å². The van der Waals surface area contributed by atoms with Crippen LogP contribution in [-0.2, 0) is 19.4 Å². The van der Waals surface area contributed by atoms with Crippen molar-refractivity contribution in [1.82, 2.24) is 9.88 Å². The van der Waals surface area contributed by atoms with Gasteiger partial charge in [-0.15, -0.1) is 0 Å². The first-order valence-corrected chi connectivity index (χ1v) is 9.86. The first-order chi connectivity index (χ1) is 11.4. The number of amides is 1. The molecule has 1 saturated heterocycles. The molecule has 1 atom stereocenters. The van der Waals surface area contributed by atoms with Crippen LogP contribution in [0.1, 0.15) is 29.6 Å². The van der Waals surface area contributed by atoms with Gasteiger partial charge in [-0.25, -0.2) is 18.2 Å². The number of nitrogens with zero attached hydrogens (tertiary/aromatic N) is 2. The van der Waals surface area contributed by atoms with Crippen LogP contribution in [0.3, 0.4) is 0 Å². The molecular weight excluding hydrogens is 356 g/mol. The Morgan fingerprint density at radius 2 is 2.00 bits per heavy atom. The van der Waals surface area contributed by atoms with Crippen LogP contribution in [0.15, 0.2) is 18.3 Å². The lowest BCUT2D eigenvalue weighted by Gasteiger charge is -2.28. The highest BCUT2D eigenvalue weighted by Gasteiger charge is 2.42. The van der Waals surface area contributed by atoms with Gasteiger partial charge in [0.2, 0.25) is 0 Å².